The standard InChI is InChI=1S/C14H16ClNO/c1-3-4-5-6-9-16-14(17)12-8-7-11(2)10-13(12)15/h1,7-8,10H,4-6,9H2,2H3,(H,16,17). The number of halogens is 1. The van der Waals surface area contributed by atoms with Crippen LogP contribution >= 0.6 is 11.6 Å². The molecule has 0 heterocycles. The Bertz CT molecular complexity index is 434. The monoisotopic (exact) mass is 249 g/mol. The van der Waals surface area contributed by atoms with Crippen molar-refractivity contribution in [2.75, 3.05) is 6.54 Å². The minimum absolute atomic E-state index is 0.129. The second-order valence-electron chi connectivity index (χ2n) is 3.90. The van der Waals surface area contributed by atoms with Crippen molar-refractivity contribution in [2.24, 2.45) is 0 Å². The van der Waals surface area contributed by atoms with Gasteiger partial charge in [-0.15, -0.1) is 12.3 Å². The molecule has 0 aliphatic rings. The van der Waals surface area contributed by atoms with Crippen LogP contribution < -0.4 is 5.32 Å². The van der Waals surface area contributed by atoms with Crippen LogP contribution in [0.4, 0.5) is 0 Å². The molecule has 0 radical (unpaired) electrons. The number of rotatable bonds is 5. The van der Waals surface area contributed by atoms with Gasteiger partial charge in [-0.3, -0.25) is 4.79 Å². The zero-order chi connectivity index (χ0) is 12.7. The molecule has 1 rings (SSSR count). The number of benzene rings is 1. The van der Waals surface area contributed by atoms with Crippen LogP contribution in [0.25, 0.3) is 0 Å². The molecule has 3 heteroatoms. The van der Waals surface area contributed by atoms with Crippen LogP contribution in [-0.4, -0.2) is 12.5 Å². The van der Waals surface area contributed by atoms with E-state index in [-0.39, 0.29) is 5.91 Å². The first-order valence-electron chi connectivity index (χ1n) is 5.63. The van der Waals surface area contributed by atoms with E-state index < -0.39 is 0 Å². The Morgan fingerprint density at radius 2 is 2.24 bits per heavy atom. The molecule has 0 aliphatic carbocycles. The normalized spacial score (nSPS) is 9.71. The molecule has 1 aromatic carbocycles. The van der Waals surface area contributed by atoms with Crippen molar-refractivity contribution in [2.45, 2.75) is 26.2 Å². The van der Waals surface area contributed by atoms with Gasteiger partial charge in [-0.25, -0.2) is 0 Å². The summed E-state index contributed by atoms with van der Waals surface area (Å²) in [7, 11) is 0. The summed E-state index contributed by atoms with van der Waals surface area (Å²) < 4.78 is 0. The number of terminal acetylenes is 1. The van der Waals surface area contributed by atoms with Crippen LogP contribution in [0.3, 0.4) is 0 Å². The molecule has 0 aromatic heterocycles. The molecule has 90 valence electrons. The molecule has 0 spiro atoms. The molecule has 0 bridgehead atoms. The fourth-order valence-electron chi connectivity index (χ4n) is 1.45. The molecule has 1 amide bonds. The van der Waals surface area contributed by atoms with Crippen LogP contribution in [0.15, 0.2) is 18.2 Å². The van der Waals surface area contributed by atoms with Gasteiger partial charge in [0.2, 0.25) is 0 Å². The van der Waals surface area contributed by atoms with E-state index in [1.165, 1.54) is 0 Å². The van der Waals surface area contributed by atoms with Crippen molar-refractivity contribution in [1.82, 2.24) is 5.32 Å². The maximum absolute atomic E-state index is 11.8. The van der Waals surface area contributed by atoms with Gasteiger partial charge in [0, 0.05) is 13.0 Å². The van der Waals surface area contributed by atoms with Gasteiger partial charge >= 0.3 is 0 Å². The van der Waals surface area contributed by atoms with E-state index in [0.29, 0.717) is 17.1 Å². The van der Waals surface area contributed by atoms with Gasteiger partial charge in [0.25, 0.3) is 5.91 Å². The van der Waals surface area contributed by atoms with Crippen molar-refractivity contribution in [3.8, 4) is 12.3 Å². The predicted molar refractivity (Wildman–Crippen MR) is 71.2 cm³/mol. The molecule has 0 aliphatic heterocycles. The second kappa shape index (κ2) is 6.98. The van der Waals surface area contributed by atoms with E-state index in [0.717, 1.165) is 24.8 Å². The fraction of sp³-hybridized carbons (Fsp3) is 0.357. The molecule has 2 nitrogen and oxygen atoms in total. The smallest absolute Gasteiger partial charge is 0.252 e. The highest BCUT2D eigenvalue weighted by molar-refractivity contribution is 6.33. The molecule has 1 aromatic rings. The lowest BCUT2D eigenvalue weighted by Crippen LogP contribution is -2.24. The number of hydrogen-bond donors (Lipinski definition) is 1. The summed E-state index contributed by atoms with van der Waals surface area (Å²) in [6, 6.07) is 5.41. The highest BCUT2D eigenvalue weighted by Crippen LogP contribution is 2.17. The van der Waals surface area contributed by atoms with Gasteiger partial charge in [0.05, 0.1) is 10.6 Å². The summed E-state index contributed by atoms with van der Waals surface area (Å²) in [5.41, 5.74) is 1.56. The number of nitrogens with one attached hydrogen (secondary N) is 1. The van der Waals surface area contributed by atoms with Crippen LogP contribution in [0.2, 0.25) is 5.02 Å². The Morgan fingerprint density at radius 1 is 1.47 bits per heavy atom. The molecular formula is C14H16ClNO. The molecule has 1 N–H and O–H groups in total. The number of aryl methyl sites for hydroxylation is 1. The van der Waals surface area contributed by atoms with E-state index in [1.54, 1.807) is 12.1 Å². The maximum atomic E-state index is 11.8. The van der Waals surface area contributed by atoms with Crippen molar-refractivity contribution in [3.05, 3.63) is 34.3 Å². The Labute approximate surface area is 107 Å². The minimum Gasteiger partial charge on any atom is -0.352 e. The van der Waals surface area contributed by atoms with Crippen LogP contribution in [0.1, 0.15) is 35.2 Å². The summed E-state index contributed by atoms with van der Waals surface area (Å²) in [6.07, 6.45) is 7.71. The topological polar surface area (TPSA) is 29.1 Å². The van der Waals surface area contributed by atoms with Crippen molar-refractivity contribution in [3.63, 3.8) is 0 Å². The lowest BCUT2D eigenvalue weighted by atomic mass is 10.1. The van der Waals surface area contributed by atoms with Crippen molar-refractivity contribution in [1.29, 1.82) is 0 Å². The molecule has 0 unspecified atom stereocenters. The molecular weight excluding hydrogens is 234 g/mol. The summed E-state index contributed by atoms with van der Waals surface area (Å²) >= 11 is 6.00. The first-order chi connectivity index (χ1) is 8.15. The van der Waals surface area contributed by atoms with E-state index in [4.69, 9.17) is 18.0 Å². The Hall–Kier alpha value is -1.46. The summed E-state index contributed by atoms with van der Waals surface area (Å²) in [5, 5.41) is 3.32. The number of carbonyl (C=O) groups is 1. The first kappa shape index (κ1) is 13.6. The molecule has 0 saturated carbocycles. The van der Waals surface area contributed by atoms with E-state index in [2.05, 4.69) is 11.2 Å². The lowest BCUT2D eigenvalue weighted by molar-refractivity contribution is 0.0953. The zero-order valence-electron chi connectivity index (χ0n) is 9.92. The fourth-order valence-corrected chi connectivity index (χ4v) is 1.77. The third kappa shape index (κ3) is 4.50. The average Bonchev–Trinajstić information content (AvgIpc) is 2.28. The highest BCUT2D eigenvalue weighted by Gasteiger charge is 2.08. The van der Waals surface area contributed by atoms with Crippen molar-refractivity contribution < 1.29 is 4.79 Å². The third-order valence-electron chi connectivity index (χ3n) is 2.40. The highest BCUT2D eigenvalue weighted by atomic mass is 35.5. The lowest BCUT2D eigenvalue weighted by Gasteiger charge is -2.06. The number of amides is 1. The van der Waals surface area contributed by atoms with Crippen LogP contribution in [0, 0.1) is 19.3 Å². The third-order valence-corrected chi connectivity index (χ3v) is 2.72. The van der Waals surface area contributed by atoms with E-state index in [9.17, 15) is 4.79 Å². The molecule has 0 saturated heterocycles. The van der Waals surface area contributed by atoms with Gasteiger partial charge in [-0.1, -0.05) is 17.7 Å². The number of carbonyl (C=O) groups excluding carboxylic acids is 1. The van der Waals surface area contributed by atoms with Gasteiger partial charge < -0.3 is 5.32 Å². The summed E-state index contributed by atoms with van der Waals surface area (Å²) in [5.74, 6) is 2.44. The number of hydrogen-bond acceptors (Lipinski definition) is 1. The number of unbranched alkanes of at least 4 members (excludes halogenated alkanes) is 2. The Morgan fingerprint density at radius 3 is 2.88 bits per heavy atom. The van der Waals surface area contributed by atoms with Gasteiger partial charge in [0.1, 0.15) is 0 Å². The quantitative estimate of drug-likeness (QED) is 0.630. The van der Waals surface area contributed by atoms with Crippen molar-refractivity contribution >= 4 is 17.5 Å². The van der Waals surface area contributed by atoms with Gasteiger partial charge in [-0.05, 0) is 37.5 Å². The minimum atomic E-state index is -0.129. The SMILES string of the molecule is C#CCCCCNC(=O)c1ccc(C)cc1Cl. The Balaban J connectivity index is 2.45. The van der Waals surface area contributed by atoms with Crippen LogP contribution in [0.5, 0.6) is 0 Å². The van der Waals surface area contributed by atoms with E-state index in [1.807, 2.05) is 13.0 Å². The summed E-state index contributed by atoms with van der Waals surface area (Å²) in [6.45, 7) is 2.57. The average molecular weight is 250 g/mol. The summed E-state index contributed by atoms with van der Waals surface area (Å²) in [4.78, 5) is 11.8. The van der Waals surface area contributed by atoms with Gasteiger partial charge in [0.15, 0.2) is 0 Å². The molecule has 0 atom stereocenters. The largest absolute Gasteiger partial charge is 0.352 e. The van der Waals surface area contributed by atoms with Crippen LogP contribution in [-0.2, 0) is 0 Å². The zero-order valence-corrected chi connectivity index (χ0v) is 10.7. The molecule has 17 heavy (non-hydrogen) atoms. The molecule has 0 fully saturated rings. The van der Waals surface area contributed by atoms with Gasteiger partial charge in [-0.2, -0.15) is 0 Å². The van der Waals surface area contributed by atoms with E-state index >= 15 is 0 Å². The maximum Gasteiger partial charge on any atom is 0.252 e. The predicted octanol–water partition coefficient (Wildman–Crippen LogP) is 3.18. The first-order valence-corrected chi connectivity index (χ1v) is 6.00. The second-order valence-corrected chi connectivity index (χ2v) is 4.31. The Kier molecular flexibility index (Phi) is 5.59.